The van der Waals surface area contributed by atoms with Crippen molar-refractivity contribution in [2.45, 2.75) is 6.42 Å². The van der Waals surface area contributed by atoms with E-state index in [0.29, 0.717) is 5.52 Å². The van der Waals surface area contributed by atoms with Crippen LogP contribution in [0.3, 0.4) is 0 Å². The monoisotopic (exact) mass is 422 g/mol. The Hall–Kier alpha value is -1.66. The summed E-state index contributed by atoms with van der Waals surface area (Å²) in [7, 11) is 0. The molecule has 0 aliphatic carbocycles. The maximum absolute atomic E-state index is 11.4. The van der Waals surface area contributed by atoms with Gasteiger partial charge in [-0.15, -0.1) is 0 Å². The van der Waals surface area contributed by atoms with E-state index in [1.165, 1.54) is 0 Å². The molecule has 0 unspecified atom stereocenters. The fourth-order valence-electron chi connectivity index (χ4n) is 2.51. The highest BCUT2D eigenvalue weighted by molar-refractivity contribution is 9.10. The molecule has 0 aliphatic rings. The average molecular weight is 424 g/mol. The zero-order valence-corrected chi connectivity index (χ0v) is 14.6. The standard InChI is InChI=1S/C16H12Br2N2O2/c17-7-6-10-8-12-14(18)15(11-4-2-1-3-5-11)19-16(12)13(9-10)20(21)22/h1-5,8-9,19H,6-7H2. The van der Waals surface area contributed by atoms with E-state index in [2.05, 4.69) is 36.8 Å². The number of halogens is 2. The third-order valence-corrected chi connectivity index (χ3v) is 4.75. The lowest BCUT2D eigenvalue weighted by atomic mass is 10.1. The van der Waals surface area contributed by atoms with E-state index in [1.807, 2.05) is 36.4 Å². The molecule has 0 amide bonds. The minimum Gasteiger partial charge on any atom is -0.348 e. The van der Waals surface area contributed by atoms with Gasteiger partial charge in [-0.3, -0.25) is 10.1 Å². The van der Waals surface area contributed by atoms with Crippen LogP contribution in [0.15, 0.2) is 46.9 Å². The predicted octanol–water partition coefficient (Wildman–Crippen LogP) is 5.44. The second-order valence-corrected chi connectivity index (χ2v) is 6.50. The normalized spacial score (nSPS) is 11.0. The van der Waals surface area contributed by atoms with Gasteiger partial charge in [-0.05, 0) is 39.5 Å². The summed E-state index contributed by atoms with van der Waals surface area (Å²) < 4.78 is 0.855. The lowest BCUT2D eigenvalue weighted by Gasteiger charge is -2.00. The Labute approximate surface area is 143 Å². The van der Waals surface area contributed by atoms with Crippen LogP contribution >= 0.6 is 31.9 Å². The molecule has 3 aromatic rings. The number of nitrogens with zero attached hydrogens (tertiary/aromatic N) is 1. The van der Waals surface area contributed by atoms with E-state index in [9.17, 15) is 10.1 Å². The van der Waals surface area contributed by atoms with Gasteiger partial charge < -0.3 is 4.98 Å². The smallest absolute Gasteiger partial charge is 0.293 e. The number of aromatic nitrogens is 1. The molecular formula is C16H12Br2N2O2. The summed E-state index contributed by atoms with van der Waals surface area (Å²) in [5.74, 6) is 0. The van der Waals surface area contributed by atoms with Gasteiger partial charge in [0.1, 0.15) is 5.52 Å². The number of H-pyrrole nitrogens is 1. The second-order valence-electron chi connectivity index (χ2n) is 4.91. The largest absolute Gasteiger partial charge is 0.348 e. The molecule has 6 heteroatoms. The minimum absolute atomic E-state index is 0.108. The van der Waals surface area contributed by atoms with E-state index in [-0.39, 0.29) is 10.6 Å². The molecule has 1 heterocycles. The van der Waals surface area contributed by atoms with Crippen LogP contribution in [0.2, 0.25) is 0 Å². The van der Waals surface area contributed by atoms with Crippen LogP contribution in [0.25, 0.3) is 22.2 Å². The van der Waals surface area contributed by atoms with Gasteiger partial charge in [-0.1, -0.05) is 46.3 Å². The second kappa shape index (κ2) is 6.22. The maximum atomic E-state index is 11.4. The van der Waals surface area contributed by atoms with Crippen LogP contribution in [0.4, 0.5) is 5.69 Å². The molecule has 112 valence electrons. The van der Waals surface area contributed by atoms with E-state index >= 15 is 0 Å². The topological polar surface area (TPSA) is 58.9 Å². The maximum Gasteiger partial charge on any atom is 0.293 e. The Kier molecular flexibility index (Phi) is 4.31. The molecular weight excluding hydrogens is 412 g/mol. The third kappa shape index (κ3) is 2.68. The van der Waals surface area contributed by atoms with Crippen LogP contribution < -0.4 is 0 Å². The first kappa shape index (κ1) is 15.2. The molecule has 0 bridgehead atoms. The Morgan fingerprint density at radius 1 is 1.18 bits per heavy atom. The molecule has 0 fully saturated rings. The van der Waals surface area contributed by atoms with Crippen LogP contribution in [0.5, 0.6) is 0 Å². The molecule has 0 saturated carbocycles. The summed E-state index contributed by atoms with van der Waals surface area (Å²) in [6.07, 6.45) is 0.745. The summed E-state index contributed by atoms with van der Waals surface area (Å²) >= 11 is 6.97. The van der Waals surface area contributed by atoms with Crippen molar-refractivity contribution >= 4 is 48.5 Å². The number of rotatable bonds is 4. The van der Waals surface area contributed by atoms with E-state index in [0.717, 1.165) is 38.4 Å². The molecule has 3 rings (SSSR count). The number of fused-ring (bicyclic) bond motifs is 1. The van der Waals surface area contributed by atoms with Crippen molar-refractivity contribution in [2.24, 2.45) is 0 Å². The average Bonchev–Trinajstić information content (AvgIpc) is 2.85. The van der Waals surface area contributed by atoms with Crippen molar-refractivity contribution in [1.82, 2.24) is 4.98 Å². The minimum atomic E-state index is -0.336. The van der Waals surface area contributed by atoms with Crippen LogP contribution in [0, 0.1) is 10.1 Å². The highest BCUT2D eigenvalue weighted by Crippen LogP contribution is 2.39. The van der Waals surface area contributed by atoms with Crippen molar-refractivity contribution in [1.29, 1.82) is 0 Å². The van der Waals surface area contributed by atoms with Gasteiger partial charge in [0.05, 0.1) is 15.1 Å². The number of alkyl halides is 1. The molecule has 22 heavy (non-hydrogen) atoms. The number of non-ortho nitro benzene ring substituents is 1. The fourth-order valence-corrected chi connectivity index (χ4v) is 3.60. The predicted molar refractivity (Wildman–Crippen MR) is 95.6 cm³/mol. The van der Waals surface area contributed by atoms with Crippen molar-refractivity contribution in [3.8, 4) is 11.3 Å². The van der Waals surface area contributed by atoms with Crippen molar-refractivity contribution in [3.05, 3.63) is 62.6 Å². The van der Waals surface area contributed by atoms with Gasteiger partial charge >= 0.3 is 0 Å². The van der Waals surface area contributed by atoms with Crippen molar-refractivity contribution in [2.75, 3.05) is 5.33 Å². The molecule has 0 spiro atoms. The van der Waals surface area contributed by atoms with Crippen LogP contribution in [-0.4, -0.2) is 15.2 Å². The Morgan fingerprint density at radius 2 is 1.91 bits per heavy atom. The Morgan fingerprint density at radius 3 is 2.55 bits per heavy atom. The number of aromatic amines is 1. The summed E-state index contributed by atoms with van der Waals surface area (Å²) in [6.45, 7) is 0. The zero-order chi connectivity index (χ0) is 15.7. The lowest BCUT2D eigenvalue weighted by Crippen LogP contribution is -1.93. The lowest BCUT2D eigenvalue weighted by molar-refractivity contribution is -0.383. The summed E-state index contributed by atoms with van der Waals surface area (Å²) in [5, 5.41) is 13.0. The van der Waals surface area contributed by atoms with E-state index < -0.39 is 0 Å². The number of nitrogens with one attached hydrogen (secondary N) is 1. The summed E-state index contributed by atoms with van der Waals surface area (Å²) in [4.78, 5) is 14.3. The highest BCUT2D eigenvalue weighted by Gasteiger charge is 2.20. The van der Waals surface area contributed by atoms with E-state index in [4.69, 9.17) is 0 Å². The van der Waals surface area contributed by atoms with Crippen molar-refractivity contribution in [3.63, 3.8) is 0 Å². The van der Waals surface area contributed by atoms with E-state index in [1.54, 1.807) is 6.07 Å². The number of nitro groups is 1. The van der Waals surface area contributed by atoms with Crippen LogP contribution in [0.1, 0.15) is 5.56 Å². The quantitative estimate of drug-likeness (QED) is 0.345. The number of nitro benzene ring substituents is 1. The van der Waals surface area contributed by atoms with Crippen LogP contribution in [-0.2, 0) is 6.42 Å². The highest BCUT2D eigenvalue weighted by atomic mass is 79.9. The van der Waals surface area contributed by atoms with Gasteiger partial charge in [-0.25, -0.2) is 0 Å². The first-order valence-corrected chi connectivity index (χ1v) is 8.63. The molecule has 2 aromatic carbocycles. The molecule has 1 N–H and O–H groups in total. The summed E-state index contributed by atoms with van der Waals surface area (Å²) in [5.41, 5.74) is 3.44. The molecule has 0 aliphatic heterocycles. The SMILES string of the molecule is O=[N+]([O-])c1cc(CCBr)cc2c(Br)c(-c3ccccc3)[nH]c12. The number of benzene rings is 2. The Balaban J connectivity index is 2.29. The molecule has 0 radical (unpaired) electrons. The zero-order valence-electron chi connectivity index (χ0n) is 11.5. The van der Waals surface area contributed by atoms with Gasteiger partial charge in [0.2, 0.25) is 0 Å². The third-order valence-electron chi connectivity index (χ3n) is 3.53. The van der Waals surface area contributed by atoms with Crippen molar-refractivity contribution < 1.29 is 4.92 Å². The molecule has 0 saturated heterocycles. The van der Waals surface area contributed by atoms with Gasteiger partial charge in [0.15, 0.2) is 0 Å². The molecule has 1 aromatic heterocycles. The number of hydrogen-bond donors (Lipinski definition) is 1. The molecule has 0 atom stereocenters. The first-order chi connectivity index (χ1) is 10.6. The molecule has 4 nitrogen and oxygen atoms in total. The summed E-state index contributed by atoms with van der Waals surface area (Å²) in [6, 6.07) is 13.4. The van der Waals surface area contributed by atoms with Gasteiger partial charge in [0, 0.05) is 16.8 Å². The fraction of sp³-hybridized carbons (Fsp3) is 0.125. The number of hydrogen-bond acceptors (Lipinski definition) is 2. The van der Waals surface area contributed by atoms with Gasteiger partial charge in [0.25, 0.3) is 5.69 Å². The first-order valence-electron chi connectivity index (χ1n) is 6.71. The Bertz CT molecular complexity index is 844. The number of aryl methyl sites for hydroxylation is 1. The van der Waals surface area contributed by atoms with Gasteiger partial charge in [-0.2, -0.15) is 0 Å².